The summed E-state index contributed by atoms with van der Waals surface area (Å²) in [6.45, 7) is 6.58. The highest BCUT2D eigenvalue weighted by molar-refractivity contribution is 5.38. The summed E-state index contributed by atoms with van der Waals surface area (Å²) in [4.78, 5) is 0. The van der Waals surface area contributed by atoms with Gasteiger partial charge in [-0.25, -0.2) is 0 Å². The van der Waals surface area contributed by atoms with Crippen LogP contribution in [0.1, 0.15) is 25.0 Å². The van der Waals surface area contributed by atoms with Crippen molar-refractivity contribution in [2.45, 2.75) is 26.4 Å². The third-order valence-corrected chi connectivity index (χ3v) is 3.30. The maximum Gasteiger partial charge on any atom is 0.121 e. The first-order chi connectivity index (χ1) is 7.95. The molecule has 0 saturated carbocycles. The van der Waals surface area contributed by atoms with Gasteiger partial charge in [-0.2, -0.15) is 0 Å². The van der Waals surface area contributed by atoms with Crippen LogP contribution in [0.2, 0.25) is 0 Å². The molecule has 0 aliphatic carbocycles. The van der Waals surface area contributed by atoms with Crippen molar-refractivity contribution >= 4 is 0 Å². The maximum absolute atomic E-state index is 10.7. The van der Waals surface area contributed by atoms with Gasteiger partial charge < -0.3 is 15.2 Å². The van der Waals surface area contributed by atoms with E-state index in [1.165, 1.54) is 0 Å². The molecule has 0 heterocycles. The largest absolute Gasteiger partial charge is 0.496 e. The van der Waals surface area contributed by atoms with E-state index >= 15 is 0 Å². The molecule has 2 N–H and O–H groups in total. The van der Waals surface area contributed by atoms with Crippen molar-refractivity contribution in [1.82, 2.24) is 5.32 Å². The van der Waals surface area contributed by atoms with Gasteiger partial charge in [-0.1, -0.05) is 19.9 Å². The highest BCUT2D eigenvalue weighted by atomic mass is 16.5. The molecule has 96 valence electrons. The molecule has 0 bridgehead atoms. The number of likely N-dealkylation sites (N-methyl/N-ethyl adjacent to an activating group) is 1. The summed E-state index contributed by atoms with van der Waals surface area (Å²) in [6, 6.07) is 5.84. The molecule has 0 spiro atoms. The maximum atomic E-state index is 10.7. The smallest absolute Gasteiger partial charge is 0.121 e. The summed E-state index contributed by atoms with van der Waals surface area (Å²) in [5, 5.41) is 13.8. The lowest BCUT2D eigenvalue weighted by molar-refractivity contribution is -0.00765. The van der Waals surface area contributed by atoms with E-state index in [0.717, 1.165) is 16.9 Å². The SMILES string of the molecule is CNCC(O)(c1ccc(OC)c(C)c1)C(C)C. The van der Waals surface area contributed by atoms with E-state index in [1.807, 2.05) is 46.0 Å². The van der Waals surface area contributed by atoms with Gasteiger partial charge in [-0.3, -0.25) is 0 Å². The normalized spacial score (nSPS) is 14.8. The monoisotopic (exact) mass is 237 g/mol. The van der Waals surface area contributed by atoms with Crippen LogP contribution in [0.15, 0.2) is 18.2 Å². The fourth-order valence-corrected chi connectivity index (χ4v) is 2.06. The average Bonchev–Trinajstić information content (AvgIpc) is 2.28. The van der Waals surface area contributed by atoms with E-state index in [2.05, 4.69) is 5.32 Å². The Balaban J connectivity index is 3.16. The molecular formula is C14H23NO2. The highest BCUT2D eigenvalue weighted by Crippen LogP contribution is 2.31. The Bertz CT molecular complexity index is 376. The minimum atomic E-state index is -0.841. The predicted octanol–water partition coefficient (Wildman–Crippen LogP) is 2.07. The summed E-state index contributed by atoms with van der Waals surface area (Å²) < 4.78 is 5.24. The van der Waals surface area contributed by atoms with Gasteiger partial charge in [0.25, 0.3) is 0 Å². The van der Waals surface area contributed by atoms with Crippen LogP contribution in [-0.4, -0.2) is 25.8 Å². The molecule has 0 aromatic heterocycles. The number of benzene rings is 1. The first kappa shape index (κ1) is 14.0. The second kappa shape index (κ2) is 5.52. The number of aliphatic hydroxyl groups is 1. The average molecular weight is 237 g/mol. The lowest BCUT2D eigenvalue weighted by Gasteiger charge is -2.33. The van der Waals surface area contributed by atoms with Gasteiger partial charge in [0.05, 0.1) is 7.11 Å². The van der Waals surface area contributed by atoms with Crippen LogP contribution >= 0.6 is 0 Å². The summed E-state index contributed by atoms with van der Waals surface area (Å²) in [5.41, 5.74) is 1.13. The molecule has 0 radical (unpaired) electrons. The summed E-state index contributed by atoms with van der Waals surface area (Å²) in [7, 11) is 3.51. The second-order valence-electron chi connectivity index (χ2n) is 4.79. The molecule has 1 unspecified atom stereocenters. The van der Waals surface area contributed by atoms with Gasteiger partial charge in [0.1, 0.15) is 11.4 Å². The van der Waals surface area contributed by atoms with E-state index in [-0.39, 0.29) is 5.92 Å². The van der Waals surface area contributed by atoms with Crippen molar-refractivity contribution in [3.05, 3.63) is 29.3 Å². The minimum absolute atomic E-state index is 0.141. The van der Waals surface area contributed by atoms with Crippen LogP contribution in [0.4, 0.5) is 0 Å². The first-order valence-corrected chi connectivity index (χ1v) is 5.97. The summed E-state index contributed by atoms with van der Waals surface area (Å²) >= 11 is 0. The molecular weight excluding hydrogens is 214 g/mol. The third kappa shape index (κ3) is 2.79. The molecule has 3 nitrogen and oxygen atoms in total. The van der Waals surface area contributed by atoms with Crippen LogP contribution in [0.3, 0.4) is 0 Å². The Morgan fingerprint density at radius 2 is 2.06 bits per heavy atom. The zero-order valence-corrected chi connectivity index (χ0v) is 11.4. The number of ether oxygens (including phenoxy) is 1. The molecule has 0 aliphatic rings. The highest BCUT2D eigenvalue weighted by Gasteiger charge is 2.32. The molecule has 1 aromatic rings. The molecule has 1 atom stereocenters. The van der Waals surface area contributed by atoms with Gasteiger partial charge in [0.2, 0.25) is 0 Å². The molecule has 1 aromatic carbocycles. The Labute approximate surface area is 104 Å². The third-order valence-electron chi connectivity index (χ3n) is 3.30. The molecule has 0 amide bonds. The Kier molecular flexibility index (Phi) is 4.54. The van der Waals surface area contributed by atoms with Gasteiger partial charge >= 0.3 is 0 Å². The standard InChI is InChI=1S/C14H23NO2/c1-10(2)14(16,9-15-4)12-6-7-13(17-5)11(3)8-12/h6-8,10,15-16H,9H2,1-5H3. The Morgan fingerprint density at radius 3 is 2.47 bits per heavy atom. The number of aryl methyl sites for hydroxylation is 1. The van der Waals surface area contributed by atoms with Crippen molar-refractivity contribution in [3.8, 4) is 5.75 Å². The Morgan fingerprint density at radius 1 is 1.41 bits per heavy atom. The molecule has 0 fully saturated rings. The van der Waals surface area contributed by atoms with Crippen LogP contribution in [0.5, 0.6) is 5.75 Å². The molecule has 0 saturated heterocycles. The number of nitrogens with one attached hydrogen (secondary N) is 1. The predicted molar refractivity (Wildman–Crippen MR) is 70.4 cm³/mol. The molecule has 17 heavy (non-hydrogen) atoms. The minimum Gasteiger partial charge on any atom is -0.496 e. The van der Waals surface area contributed by atoms with Gasteiger partial charge in [-0.15, -0.1) is 0 Å². The van der Waals surface area contributed by atoms with Crippen LogP contribution in [-0.2, 0) is 5.60 Å². The molecule has 0 aliphatic heterocycles. The van der Waals surface area contributed by atoms with E-state index < -0.39 is 5.60 Å². The second-order valence-corrected chi connectivity index (χ2v) is 4.79. The van der Waals surface area contributed by atoms with E-state index in [9.17, 15) is 5.11 Å². The van der Waals surface area contributed by atoms with E-state index in [0.29, 0.717) is 6.54 Å². The van der Waals surface area contributed by atoms with E-state index in [1.54, 1.807) is 7.11 Å². The van der Waals surface area contributed by atoms with Gasteiger partial charge in [-0.05, 0) is 43.1 Å². The number of rotatable bonds is 5. The van der Waals surface area contributed by atoms with Crippen molar-refractivity contribution in [1.29, 1.82) is 0 Å². The van der Waals surface area contributed by atoms with Gasteiger partial charge in [0.15, 0.2) is 0 Å². The topological polar surface area (TPSA) is 41.5 Å². The van der Waals surface area contributed by atoms with Crippen molar-refractivity contribution < 1.29 is 9.84 Å². The zero-order chi connectivity index (χ0) is 13.1. The first-order valence-electron chi connectivity index (χ1n) is 5.97. The lowest BCUT2D eigenvalue weighted by atomic mass is 9.82. The fourth-order valence-electron chi connectivity index (χ4n) is 2.06. The van der Waals surface area contributed by atoms with Crippen LogP contribution < -0.4 is 10.1 Å². The summed E-state index contributed by atoms with van der Waals surface area (Å²) in [5.74, 6) is 0.993. The zero-order valence-electron chi connectivity index (χ0n) is 11.4. The molecule has 1 rings (SSSR count). The van der Waals surface area contributed by atoms with Crippen LogP contribution in [0, 0.1) is 12.8 Å². The number of hydrogen-bond donors (Lipinski definition) is 2. The van der Waals surface area contributed by atoms with Crippen molar-refractivity contribution in [3.63, 3.8) is 0 Å². The number of hydrogen-bond acceptors (Lipinski definition) is 3. The van der Waals surface area contributed by atoms with Gasteiger partial charge in [0, 0.05) is 6.54 Å². The lowest BCUT2D eigenvalue weighted by Crippen LogP contribution is -2.41. The van der Waals surface area contributed by atoms with Crippen molar-refractivity contribution in [2.75, 3.05) is 20.7 Å². The molecule has 3 heteroatoms. The van der Waals surface area contributed by atoms with E-state index in [4.69, 9.17) is 4.74 Å². The quantitative estimate of drug-likeness (QED) is 0.823. The fraction of sp³-hybridized carbons (Fsp3) is 0.571. The summed E-state index contributed by atoms with van der Waals surface area (Å²) in [6.07, 6.45) is 0. The Hall–Kier alpha value is -1.06. The number of methoxy groups -OCH3 is 1. The van der Waals surface area contributed by atoms with Crippen LogP contribution in [0.25, 0.3) is 0 Å². The van der Waals surface area contributed by atoms with Crippen molar-refractivity contribution in [2.24, 2.45) is 5.92 Å².